The third-order valence-electron chi connectivity index (χ3n) is 1.95. The van der Waals surface area contributed by atoms with Gasteiger partial charge in [-0.25, -0.2) is 0 Å². The summed E-state index contributed by atoms with van der Waals surface area (Å²) in [7, 11) is -0.783. The van der Waals surface area contributed by atoms with E-state index < -0.39 is 7.14 Å². The van der Waals surface area contributed by atoms with Gasteiger partial charge in [0.2, 0.25) is 0 Å². The van der Waals surface area contributed by atoms with Crippen LogP contribution in [0.25, 0.3) is 0 Å². The standard InChI is InChI=1S/C9H14NO2P/c1-12-8-4-3-5-9(6-8)13(2,11)7-10/h3-6H,7,10H2,1-2H3. The first kappa shape index (κ1) is 10.3. The van der Waals surface area contributed by atoms with Crippen molar-refractivity contribution >= 4 is 12.4 Å². The molecule has 0 aliphatic carbocycles. The van der Waals surface area contributed by atoms with Gasteiger partial charge in [0.25, 0.3) is 0 Å². The lowest BCUT2D eigenvalue weighted by Gasteiger charge is -2.11. The van der Waals surface area contributed by atoms with Crippen LogP contribution in [0, 0.1) is 0 Å². The highest BCUT2D eigenvalue weighted by Crippen LogP contribution is 2.37. The number of ether oxygens (including phenoxy) is 1. The van der Waals surface area contributed by atoms with Gasteiger partial charge in [-0.05, 0) is 18.8 Å². The molecule has 72 valence electrons. The molecule has 13 heavy (non-hydrogen) atoms. The molecule has 0 aromatic heterocycles. The molecule has 0 radical (unpaired) electrons. The van der Waals surface area contributed by atoms with Crippen LogP contribution in [-0.2, 0) is 4.57 Å². The molecule has 1 atom stereocenters. The average molecular weight is 199 g/mol. The van der Waals surface area contributed by atoms with Crippen LogP contribution in [0.15, 0.2) is 24.3 Å². The van der Waals surface area contributed by atoms with Gasteiger partial charge in [0.15, 0.2) is 0 Å². The normalized spacial score (nSPS) is 15.0. The molecule has 0 saturated carbocycles. The van der Waals surface area contributed by atoms with Gasteiger partial charge in [-0.1, -0.05) is 12.1 Å². The molecule has 1 unspecified atom stereocenters. The van der Waals surface area contributed by atoms with Gasteiger partial charge in [-0.2, -0.15) is 0 Å². The molecule has 0 heterocycles. The van der Waals surface area contributed by atoms with Crippen molar-refractivity contribution in [2.24, 2.45) is 5.73 Å². The van der Waals surface area contributed by atoms with E-state index in [1.54, 1.807) is 19.8 Å². The molecule has 4 heteroatoms. The fourth-order valence-corrected chi connectivity index (χ4v) is 2.02. The van der Waals surface area contributed by atoms with Crippen molar-refractivity contribution in [1.82, 2.24) is 0 Å². The van der Waals surface area contributed by atoms with E-state index in [1.165, 1.54) is 0 Å². The molecule has 0 fully saturated rings. The summed E-state index contributed by atoms with van der Waals surface area (Å²) in [6, 6.07) is 7.23. The van der Waals surface area contributed by atoms with Crippen molar-refractivity contribution in [2.45, 2.75) is 0 Å². The molecule has 2 N–H and O–H groups in total. The molecular formula is C9H14NO2P. The second-order valence-corrected chi connectivity index (χ2v) is 6.07. The van der Waals surface area contributed by atoms with E-state index in [0.29, 0.717) is 5.75 Å². The Kier molecular flexibility index (Phi) is 3.12. The largest absolute Gasteiger partial charge is 0.497 e. The number of nitrogens with two attached hydrogens (primary N) is 1. The predicted octanol–water partition coefficient (Wildman–Crippen LogP) is 1.23. The van der Waals surface area contributed by atoms with Crippen molar-refractivity contribution in [3.8, 4) is 5.75 Å². The summed E-state index contributed by atoms with van der Waals surface area (Å²) in [5.41, 5.74) is 5.43. The van der Waals surface area contributed by atoms with Gasteiger partial charge in [0, 0.05) is 5.30 Å². The summed E-state index contributed by atoms with van der Waals surface area (Å²) in [4.78, 5) is 0. The average Bonchev–Trinajstić information content (AvgIpc) is 2.18. The van der Waals surface area contributed by atoms with Crippen LogP contribution in [0.4, 0.5) is 0 Å². The zero-order valence-electron chi connectivity index (χ0n) is 7.86. The number of rotatable bonds is 3. The monoisotopic (exact) mass is 199 g/mol. The second-order valence-electron chi connectivity index (χ2n) is 2.98. The number of benzene rings is 1. The fraction of sp³-hybridized carbons (Fsp3) is 0.333. The summed E-state index contributed by atoms with van der Waals surface area (Å²) in [6.07, 6.45) is 0.195. The minimum Gasteiger partial charge on any atom is -0.497 e. The van der Waals surface area contributed by atoms with Crippen LogP contribution in [0.5, 0.6) is 5.75 Å². The summed E-state index contributed by atoms with van der Waals surface area (Å²) >= 11 is 0. The summed E-state index contributed by atoms with van der Waals surface area (Å²) in [5.74, 6) is 0.716. The van der Waals surface area contributed by atoms with Crippen LogP contribution < -0.4 is 15.8 Å². The third-order valence-corrected chi connectivity index (χ3v) is 4.02. The zero-order valence-corrected chi connectivity index (χ0v) is 8.75. The minimum atomic E-state index is -2.37. The molecule has 0 aliphatic rings. The third kappa shape index (κ3) is 2.33. The topological polar surface area (TPSA) is 52.3 Å². The molecular weight excluding hydrogens is 185 g/mol. The molecule has 0 bridgehead atoms. The van der Waals surface area contributed by atoms with E-state index in [2.05, 4.69) is 0 Å². The second kappa shape index (κ2) is 3.95. The van der Waals surface area contributed by atoms with E-state index >= 15 is 0 Å². The molecule has 1 aromatic rings. The summed E-state index contributed by atoms with van der Waals surface area (Å²) < 4.78 is 16.9. The van der Waals surface area contributed by atoms with E-state index in [0.717, 1.165) is 5.30 Å². The van der Waals surface area contributed by atoms with Crippen LogP contribution in [-0.4, -0.2) is 20.1 Å². The van der Waals surface area contributed by atoms with Gasteiger partial charge in [0.05, 0.1) is 13.4 Å². The van der Waals surface area contributed by atoms with Gasteiger partial charge < -0.3 is 15.0 Å². The maximum atomic E-state index is 11.9. The molecule has 3 nitrogen and oxygen atoms in total. The lowest BCUT2D eigenvalue weighted by atomic mass is 10.3. The maximum absolute atomic E-state index is 11.9. The van der Waals surface area contributed by atoms with E-state index in [9.17, 15) is 4.57 Å². The summed E-state index contributed by atoms with van der Waals surface area (Å²) in [5, 5.41) is 0.773. The molecule has 1 rings (SSSR count). The molecule has 0 spiro atoms. The van der Waals surface area contributed by atoms with Gasteiger partial charge in [0.1, 0.15) is 12.9 Å². The molecule has 1 aromatic carbocycles. The first-order valence-corrected chi connectivity index (χ1v) is 6.35. The Morgan fingerprint density at radius 1 is 1.54 bits per heavy atom. The van der Waals surface area contributed by atoms with Crippen molar-refractivity contribution in [1.29, 1.82) is 0 Å². The highest BCUT2D eigenvalue weighted by atomic mass is 31.2. The van der Waals surface area contributed by atoms with Crippen molar-refractivity contribution in [3.05, 3.63) is 24.3 Å². The van der Waals surface area contributed by atoms with Crippen molar-refractivity contribution in [2.75, 3.05) is 20.1 Å². The van der Waals surface area contributed by atoms with Crippen LogP contribution in [0.2, 0.25) is 0 Å². The lowest BCUT2D eigenvalue weighted by molar-refractivity contribution is 0.415. The number of hydrogen-bond donors (Lipinski definition) is 1. The van der Waals surface area contributed by atoms with E-state index in [1.807, 2.05) is 18.2 Å². The molecule has 0 saturated heterocycles. The Hall–Kier alpha value is -0.790. The lowest BCUT2D eigenvalue weighted by Crippen LogP contribution is -2.11. The quantitative estimate of drug-likeness (QED) is 0.745. The van der Waals surface area contributed by atoms with Crippen LogP contribution in [0.1, 0.15) is 0 Å². The number of methoxy groups -OCH3 is 1. The molecule has 0 amide bonds. The fourth-order valence-electron chi connectivity index (χ4n) is 1.01. The minimum absolute atomic E-state index is 0.195. The summed E-state index contributed by atoms with van der Waals surface area (Å²) in [6.45, 7) is 1.68. The molecule has 0 aliphatic heterocycles. The Bertz CT molecular complexity index is 338. The first-order valence-electron chi connectivity index (χ1n) is 4.01. The first-order chi connectivity index (χ1) is 6.10. The Morgan fingerprint density at radius 3 is 2.77 bits per heavy atom. The highest BCUT2D eigenvalue weighted by Gasteiger charge is 2.15. The van der Waals surface area contributed by atoms with Gasteiger partial charge in [-0.15, -0.1) is 0 Å². The smallest absolute Gasteiger partial charge is 0.125 e. The Morgan fingerprint density at radius 2 is 2.23 bits per heavy atom. The highest BCUT2D eigenvalue weighted by molar-refractivity contribution is 7.70. The zero-order chi connectivity index (χ0) is 9.90. The van der Waals surface area contributed by atoms with E-state index in [-0.39, 0.29) is 6.29 Å². The maximum Gasteiger partial charge on any atom is 0.125 e. The van der Waals surface area contributed by atoms with Gasteiger partial charge in [-0.3, -0.25) is 0 Å². The van der Waals surface area contributed by atoms with Crippen molar-refractivity contribution in [3.63, 3.8) is 0 Å². The Balaban J connectivity index is 3.09. The van der Waals surface area contributed by atoms with Crippen molar-refractivity contribution < 1.29 is 9.30 Å². The number of hydrogen-bond acceptors (Lipinski definition) is 3. The predicted molar refractivity (Wildman–Crippen MR) is 55.2 cm³/mol. The van der Waals surface area contributed by atoms with Gasteiger partial charge >= 0.3 is 0 Å². The van der Waals surface area contributed by atoms with E-state index in [4.69, 9.17) is 10.5 Å². The van der Waals surface area contributed by atoms with Crippen LogP contribution >= 0.6 is 7.14 Å². The Labute approximate surface area is 78.3 Å². The van der Waals surface area contributed by atoms with Crippen LogP contribution in [0.3, 0.4) is 0 Å². The SMILES string of the molecule is COc1cccc(P(C)(=O)CN)c1.